The maximum Gasteiger partial charge on any atom is 0.426 e. The summed E-state index contributed by atoms with van der Waals surface area (Å²) in [5.41, 5.74) is 3.91. The van der Waals surface area contributed by atoms with Crippen molar-refractivity contribution in [3.63, 3.8) is 0 Å². The summed E-state index contributed by atoms with van der Waals surface area (Å²) in [6.07, 6.45) is -9.23. The summed E-state index contributed by atoms with van der Waals surface area (Å²) >= 11 is 0. The lowest BCUT2D eigenvalue weighted by atomic mass is 10.1. The van der Waals surface area contributed by atoms with Crippen LogP contribution in [0.1, 0.15) is 10.4 Å². The lowest BCUT2D eigenvalue weighted by Crippen LogP contribution is -2.40. The maximum absolute atomic E-state index is 13.6. The quantitative estimate of drug-likeness (QED) is 0.151. The zero-order valence-corrected chi connectivity index (χ0v) is 12.6. The van der Waals surface area contributed by atoms with Crippen molar-refractivity contribution in [3.8, 4) is 0 Å². The second kappa shape index (κ2) is 7.35. The number of azide groups is 1. The largest absolute Gasteiger partial charge is 0.448 e. The van der Waals surface area contributed by atoms with Crippen LogP contribution in [0.3, 0.4) is 0 Å². The lowest BCUT2D eigenvalue weighted by molar-refractivity contribution is -0.197. The van der Waals surface area contributed by atoms with Gasteiger partial charge in [-0.15, -0.1) is 0 Å². The number of esters is 1. The van der Waals surface area contributed by atoms with Gasteiger partial charge in [-0.3, -0.25) is 4.55 Å². The number of hydrogen-bond acceptors (Lipinski definition) is 5. The van der Waals surface area contributed by atoms with E-state index in [2.05, 4.69) is 9.85 Å². The van der Waals surface area contributed by atoms with Gasteiger partial charge in [-0.05, 0) is 5.53 Å². The predicted molar refractivity (Wildman–Crippen MR) is 66.8 cm³/mol. The predicted octanol–water partition coefficient (Wildman–Crippen LogP) is 3.16. The van der Waals surface area contributed by atoms with Gasteiger partial charge in [-0.2, -0.15) is 21.6 Å². The van der Waals surface area contributed by atoms with Crippen molar-refractivity contribution in [3.05, 3.63) is 39.3 Å². The highest BCUT2D eigenvalue weighted by molar-refractivity contribution is 7.85. The molecule has 1 atom stereocenters. The first kappa shape index (κ1) is 21.5. The highest BCUT2D eigenvalue weighted by atomic mass is 32.2. The molecule has 1 rings (SSSR count). The van der Waals surface area contributed by atoms with Gasteiger partial charge in [0.2, 0.25) is 6.10 Å². The molecule has 0 heterocycles. The summed E-state index contributed by atoms with van der Waals surface area (Å²) in [4.78, 5) is 13.3. The van der Waals surface area contributed by atoms with Crippen LogP contribution in [0.5, 0.6) is 0 Å². The summed E-state index contributed by atoms with van der Waals surface area (Å²) in [6, 6.07) is 0. The molecule has 0 aliphatic heterocycles. The second-order valence-corrected chi connectivity index (χ2v) is 5.85. The molecule has 0 aromatic heterocycles. The van der Waals surface area contributed by atoms with E-state index in [1.807, 2.05) is 4.91 Å². The molecule has 0 amide bonds. The SMILES string of the molecule is [N-]=[N+]=Nc1c(F)c(F)c(C(=O)OC(CS(=O)(=O)O)C(F)(F)F)c(F)c1F. The van der Waals surface area contributed by atoms with Gasteiger partial charge in [0.15, 0.2) is 23.3 Å². The van der Waals surface area contributed by atoms with E-state index in [1.54, 1.807) is 0 Å². The molecule has 8 nitrogen and oxygen atoms in total. The normalized spacial score (nSPS) is 13.1. The third-order valence-electron chi connectivity index (χ3n) is 2.57. The Hall–Kier alpha value is -2.58. The van der Waals surface area contributed by atoms with Crippen LogP contribution in [-0.4, -0.2) is 37.0 Å². The van der Waals surface area contributed by atoms with Crippen molar-refractivity contribution in [2.75, 3.05) is 5.75 Å². The molecule has 0 fully saturated rings. The van der Waals surface area contributed by atoms with E-state index in [0.717, 1.165) is 0 Å². The number of ether oxygens (including phenoxy) is 1. The second-order valence-electron chi connectivity index (χ2n) is 4.35. The summed E-state index contributed by atoms with van der Waals surface area (Å²) in [6.45, 7) is 0. The van der Waals surface area contributed by atoms with Crippen LogP contribution < -0.4 is 0 Å². The van der Waals surface area contributed by atoms with Gasteiger partial charge in [0.1, 0.15) is 17.0 Å². The summed E-state index contributed by atoms with van der Waals surface area (Å²) in [7, 11) is -5.37. The Morgan fingerprint density at radius 2 is 1.62 bits per heavy atom. The molecular formula is C10H4F7N3O5S. The molecule has 1 unspecified atom stereocenters. The van der Waals surface area contributed by atoms with Crippen molar-refractivity contribution >= 4 is 21.8 Å². The first-order valence-electron chi connectivity index (χ1n) is 5.84. The molecule has 0 saturated carbocycles. The summed E-state index contributed by atoms with van der Waals surface area (Å²) < 4.78 is 125. The van der Waals surface area contributed by atoms with Crippen LogP contribution in [0.4, 0.5) is 36.4 Å². The number of carbonyl (C=O) groups is 1. The van der Waals surface area contributed by atoms with Crippen molar-refractivity contribution in [1.82, 2.24) is 0 Å². The first-order chi connectivity index (χ1) is 11.7. The van der Waals surface area contributed by atoms with Crippen molar-refractivity contribution in [2.45, 2.75) is 12.3 Å². The van der Waals surface area contributed by atoms with Gasteiger partial charge in [0.05, 0.1) is 0 Å². The molecule has 1 aromatic carbocycles. The molecule has 16 heteroatoms. The van der Waals surface area contributed by atoms with Crippen LogP contribution in [0.2, 0.25) is 0 Å². The number of benzene rings is 1. The van der Waals surface area contributed by atoms with Crippen molar-refractivity contribution in [1.29, 1.82) is 0 Å². The topological polar surface area (TPSA) is 129 Å². The zero-order valence-electron chi connectivity index (χ0n) is 11.8. The molecule has 0 aliphatic rings. The van der Waals surface area contributed by atoms with E-state index in [4.69, 9.17) is 10.1 Å². The van der Waals surface area contributed by atoms with Gasteiger partial charge in [-0.1, -0.05) is 5.11 Å². The van der Waals surface area contributed by atoms with E-state index in [0.29, 0.717) is 0 Å². The van der Waals surface area contributed by atoms with Gasteiger partial charge in [0.25, 0.3) is 10.1 Å². The van der Waals surface area contributed by atoms with E-state index in [1.165, 1.54) is 0 Å². The fourth-order valence-electron chi connectivity index (χ4n) is 1.51. The molecule has 1 N–H and O–H groups in total. The Bertz CT molecular complexity index is 866. The van der Waals surface area contributed by atoms with Crippen molar-refractivity contribution in [2.24, 2.45) is 5.11 Å². The number of halogens is 7. The summed E-state index contributed by atoms with van der Waals surface area (Å²) in [5, 5.41) is 2.28. The van der Waals surface area contributed by atoms with Crippen LogP contribution in [-0.2, 0) is 14.9 Å². The molecule has 0 bridgehead atoms. The van der Waals surface area contributed by atoms with Crippen molar-refractivity contribution < 1.29 is 53.2 Å². The minimum Gasteiger partial charge on any atom is -0.448 e. The van der Waals surface area contributed by atoms with Crippen LogP contribution in [0, 0.1) is 23.3 Å². The molecule has 144 valence electrons. The van der Waals surface area contributed by atoms with Crippen LogP contribution >= 0.6 is 0 Å². The van der Waals surface area contributed by atoms with Crippen LogP contribution in [0.25, 0.3) is 10.4 Å². The smallest absolute Gasteiger partial charge is 0.426 e. The molecule has 1 aromatic rings. The number of hydrogen-bond donors (Lipinski definition) is 1. The average molecular weight is 411 g/mol. The molecule has 0 aliphatic carbocycles. The number of nitrogens with zero attached hydrogens (tertiary/aromatic N) is 3. The number of rotatable bonds is 5. The van der Waals surface area contributed by atoms with Gasteiger partial charge < -0.3 is 4.74 Å². The maximum atomic E-state index is 13.6. The van der Waals surface area contributed by atoms with Gasteiger partial charge in [-0.25, -0.2) is 22.4 Å². The highest BCUT2D eigenvalue weighted by Crippen LogP contribution is 2.32. The number of carbonyl (C=O) groups excluding carboxylic acids is 1. The van der Waals surface area contributed by atoms with Crippen LogP contribution in [0.15, 0.2) is 5.11 Å². The number of alkyl halides is 3. The van der Waals surface area contributed by atoms with Gasteiger partial charge >= 0.3 is 12.1 Å². The standard InChI is InChI=1S/C10H4F7N3O5S/c11-4-3(5(12)7(14)8(6(4)13)19-20-18)9(21)25-2(10(15,16)17)1-26(22,23)24/h2H,1H2,(H,22,23,24). The minimum absolute atomic E-state index is 1.84. The lowest BCUT2D eigenvalue weighted by Gasteiger charge is -2.20. The Morgan fingerprint density at radius 1 is 1.15 bits per heavy atom. The Morgan fingerprint density at radius 3 is 1.96 bits per heavy atom. The highest BCUT2D eigenvalue weighted by Gasteiger charge is 2.46. The van der Waals surface area contributed by atoms with Gasteiger partial charge in [0, 0.05) is 4.91 Å². The molecule has 26 heavy (non-hydrogen) atoms. The van der Waals surface area contributed by atoms with E-state index in [9.17, 15) is 43.9 Å². The fraction of sp³-hybridized carbons (Fsp3) is 0.300. The average Bonchev–Trinajstić information content (AvgIpc) is 2.47. The van der Waals surface area contributed by atoms with E-state index in [-0.39, 0.29) is 0 Å². The Kier molecular flexibility index (Phi) is 6.06. The third-order valence-corrected chi connectivity index (χ3v) is 3.29. The molecule has 0 radical (unpaired) electrons. The third kappa shape index (κ3) is 4.74. The Balaban J connectivity index is 3.43. The minimum atomic E-state index is -5.62. The summed E-state index contributed by atoms with van der Waals surface area (Å²) in [5.74, 6) is -14.8. The first-order valence-corrected chi connectivity index (χ1v) is 7.45. The fourth-order valence-corrected chi connectivity index (χ4v) is 2.15. The molecule has 0 spiro atoms. The monoisotopic (exact) mass is 411 g/mol. The molecule has 0 saturated heterocycles. The Labute approximate surface area is 138 Å². The van der Waals surface area contributed by atoms with E-state index >= 15 is 0 Å². The zero-order chi connectivity index (χ0) is 20.4. The molecular weight excluding hydrogens is 407 g/mol. The van der Waals surface area contributed by atoms with E-state index < -0.39 is 68.6 Å².